The maximum absolute atomic E-state index is 11.9. The van der Waals surface area contributed by atoms with Crippen molar-refractivity contribution in [3.8, 4) is 0 Å². The molecule has 0 N–H and O–H groups in total. The first kappa shape index (κ1) is 14.9. The molecule has 114 valence electrons. The first-order valence-electron chi connectivity index (χ1n) is 6.56. The summed E-state index contributed by atoms with van der Waals surface area (Å²) in [5.41, 5.74) is 0.895. The largest absolute Gasteiger partial charge is 0.402 e. The molecule has 0 aliphatic carbocycles. The molecule has 0 radical (unpaired) electrons. The molecule has 23 heavy (non-hydrogen) atoms. The van der Waals surface area contributed by atoms with Crippen molar-refractivity contribution in [1.82, 2.24) is 0 Å². The third-order valence-electron chi connectivity index (χ3n) is 3.12. The van der Waals surface area contributed by atoms with Gasteiger partial charge in [-0.05, 0) is 24.3 Å². The number of non-ortho nitro benzene ring substituents is 1. The van der Waals surface area contributed by atoms with Crippen molar-refractivity contribution in [3.05, 3.63) is 80.5 Å². The Hall–Kier alpha value is -2.99. The number of ether oxygens (including phenoxy) is 1. The Balaban J connectivity index is 2.00. The van der Waals surface area contributed by atoms with Gasteiger partial charge in [-0.1, -0.05) is 29.8 Å². The van der Waals surface area contributed by atoms with E-state index in [2.05, 4.69) is 4.99 Å². The topological polar surface area (TPSA) is 81.8 Å². The second-order valence-electron chi connectivity index (χ2n) is 4.67. The molecule has 0 saturated carbocycles. The number of rotatable bonds is 3. The van der Waals surface area contributed by atoms with Crippen molar-refractivity contribution in [1.29, 1.82) is 0 Å². The summed E-state index contributed by atoms with van der Waals surface area (Å²) in [6.45, 7) is 0. The first-order valence-corrected chi connectivity index (χ1v) is 6.94. The Morgan fingerprint density at radius 1 is 1.17 bits per heavy atom. The minimum absolute atomic E-state index is 0.0336. The van der Waals surface area contributed by atoms with E-state index in [9.17, 15) is 14.9 Å². The van der Waals surface area contributed by atoms with Crippen molar-refractivity contribution in [2.24, 2.45) is 4.99 Å². The van der Waals surface area contributed by atoms with Crippen molar-refractivity contribution in [2.75, 3.05) is 0 Å². The number of nitrogens with zero attached hydrogens (tertiary/aromatic N) is 2. The molecule has 0 atom stereocenters. The average Bonchev–Trinajstić information content (AvgIpc) is 2.91. The number of carbonyl (C=O) groups is 1. The van der Waals surface area contributed by atoms with E-state index in [1.165, 1.54) is 24.3 Å². The molecule has 6 nitrogen and oxygen atoms in total. The van der Waals surface area contributed by atoms with E-state index in [4.69, 9.17) is 16.3 Å². The van der Waals surface area contributed by atoms with E-state index >= 15 is 0 Å². The third kappa shape index (κ3) is 3.12. The smallest absolute Gasteiger partial charge is 0.363 e. The van der Waals surface area contributed by atoms with E-state index in [1.54, 1.807) is 24.3 Å². The van der Waals surface area contributed by atoms with Crippen LogP contribution in [0.4, 0.5) is 5.69 Å². The van der Waals surface area contributed by atoms with Crippen LogP contribution in [-0.4, -0.2) is 16.8 Å². The van der Waals surface area contributed by atoms with Crippen molar-refractivity contribution < 1.29 is 14.5 Å². The van der Waals surface area contributed by atoms with E-state index in [0.717, 1.165) is 0 Å². The molecule has 7 heteroatoms. The highest BCUT2D eigenvalue weighted by atomic mass is 35.5. The fourth-order valence-corrected chi connectivity index (χ4v) is 2.19. The summed E-state index contributed by atoms with van der Waals surface area (Å²) in [6.07, 6.45) is 1.37. The molecule has 0 fully saturated rings. The lowest BCUT2D eigenvalue weighted by Gasteiger charge is -1.98. The van der Waals surface area contributed by atoms with Crippen LogP contribution in [0.2, 0.25) is 5.02 Å². The fourth-order valence-electron chi connectivity index (χ4n) is 2.02. The highest BCUT2D eigenvalue weighted by Crippen LogP contribution is 2.26. The van der Waals surface area contributed by atoms with Gasteiger partial charge in [-0.25, -0.2) is 9.79 Å². The SMILES string of the molecule is O=C1OC(c2ccccc2)=N/C1=C/c1cc([N+](=O)[O-])ccc1Cl. The molecule has 1 aliphatic heterocycles. The van der Waals surface area contributed by atoms with Crippen LogP contribution in [0.1, 0.15) is 11.1 Å². The highest BCUT2D eigenvalue weighted by Gasteiger charge is 2.24. The third-order valence-corrected chi connectivity index (χ3v) is 3.47. The van der Waals surface area contributed by atoms with E-state index in [-0.39, 0.29) is 22.3 Å². The normalized spacial score (nSPS) is 15.4. The summed E-state index contributed by atoms with van der Waals surface area (Å²) in [7, 11) is 0. The number of nitro groups is 1. The van der Waals surface area contributed by atoms with Gasteiger partial charge >= 0.3 is 5.97 Å². The zero-order valence-electron chi connectivity index (χ0n) is 11.6. The number of hydrogen-bond donors (Lipinski definition) is 0. The molecule has 3 rings (SSSR count). The van der Waals surface area contributed by atoms with Crippen LogP contribution in [0.3, 0.4) is 0 Å². The minimum Gasteiger partial charge on any atom is -0.402 e. The second-order valence-corrected chi connectivity index (χ2v) is 5.07. The number of hydrogen-bond acceptors (Lipinski definition) is 5. The van der Waals surface area contributed by atoms with Crippen LogP contribution in [0, 0.1) is 10.1 Å². The predicted molar refractivity (Wildman–Crippen MR) is 85.2 cm³/mol. The Morgan fingerprint density at radius 2 is 1.91 bits per heavy atom. The van der Waals surface area contributed by atoms with Crippen LogP contribution < -0.4 is 0 Å². The van der Waals surface area contributed by atoms with E-state index in [1.807, 2.05) is 6.07 Å². The number of benzene rings is 2. The molecule has 2 aromatic carbocycles. The molecular weight excluding hydrogens is 320 g/mol. The standard InChI is InChI=1S/C16H9ClN2O4/c17-13-7-6-12(19(21)22)8-11(13)9-14-16(20)23-15(18-14)10-4-2-1-3-5-10/h1-9H/b14-9+. The number of aliphatic imine (C=N–C) groups is 1. The highest BCUT2D eigenvalue weighted by molar-refractivity contribution is 6.32. The van der Waals surface area contributed by atoms with Gasteiger partial charge in [0.2, 0.25) is 5.90 Å². The quantitative estimate of drug-likeness (QED) is 0.373. The van der Waals surface area contributed by atoms with Gasteiger partial charge in [0.1, 0.15) is 0 Å². The van der Waals surface area contributed by atoms with Crippen LogP contribution in [0.5, 0.6) is 0 Å². The van der Waals surface area contributed by atoms with Crippen molar-refractivity contribution >= 4 is 35.2 Å². The van der Waals surface area contributed by atoms with Crippen LogP contribution >= 0.6 is 11.6 Å². The molecular formula is C16H9ClN2O4. The zero-order chi connectivity index (χ0) is 16.4. The molecule has 1 heterocycles. The molecule has 0 saturated heterocycles. The fraction of sp³-hybridized carbons (Fsp3) is 0. The zero-order valence-corrected chi connectivity index (χ0v) is 12.4. The van der Waals surface area contributed by atoms with Crippen LogP contribution in [0.25, 0.3) is 6.08 Å². The van der Waals surface area contributed by atoms with E-state index < -0.39 is 10.9 Å². The number of nitro benzene ring substituents is 1. The van der Waals surface area contributed by atoms with Gasteiger partial charge in [-0.15, -0.1) is 0 Å². The van der Waals surface area contributed by atoms with Gasteiger partial charge in [0.05, 0.1) is 4.92 Å². The van der Waals surface area contributed by atoms with Gasteiger partial charge in [0, 0.05) is 28.3 Å². The summed E-state index contributed by atoms with van der Waals surface area (Å²) in [4.78, 5) is 26.3. The number of esters is 1. The number of cyclic esters (lactones) is 1. The summed E-state index contributed by atoms with van der Waals surface area (Å²) >= 11 is 6.01. The van der Waals surface area contributed by atoms with Crippen molar-refractivity contribution in [2.45, 2.75) is 0 Å². The molecule has 0 bridgehead atoms. The molecule has 0 amide bonds. The Kier molecular flexibility index (Phi) is 3.91. The lowest BCUT2D eigenvalue weighted by molar-refractivity contribution is -0.384. The molecule has 0 unspecified atom stereocenters. The predicted octanol–water partition coefficient (Wildman–Crippen LogP) is 3.59. The molecule has 2 aromatic rings. The lowest BCUT2D eigenvalue weighted by Crippen LogP contribution is -2.04. The van der Waals surface area contributed by atoms with Gasteiger partial charge in [0.25, 0.3) is 5.69 Å². The van der Waals surface area contributed by atoms with Gasteiger partial charge in [-0.3, -0.25) is 10.1 Å². The minimum atomic E-state index is -0.633. The molecule has 1 aliphatic rings. The maximum atomic E-state index is 11.9. The molecule has 0 aromatic heterocycles. The monoisotopic (exact) mass is 328 g/mol. The Bertz CT molecular complexity index is 860. The Labute approximate surface area is 135 Å². The maximum Gasteiger partial charge on any atom is 0.363 e. The summed E-state index contributed by atoms with van der Waals surface area (Å²) in [6, 6.07) is 12.9. The lowest BCUT2D eigenvalue weighted by atomic mass is 10.1. The summed E-state index contributed by atoms with van der Waals surface area (Å²) in [5, 5.41) is 11.1. The summed E-state index contributed by atoms with van der Waals surface area (Å²) < 4.78 is 5.12. The first-order chi connectivity index (χ1) is 11.0. The van der Waals surface area contributed by atoms with Crippen LogP contribution in [0.15, 0.2) is 59.2 Å². The van der Waals surface area contributed by atoms with Gasteiger partial charge < -0.3 is 4.74 Å². The number of halogens is 1. The average molecular weight is 329 g/mol. The Morgan fingerprint density at radius 3 is 2.61 bits per heavy atom. The second kappa shape index (κ2) is 6.02. The van der Waals surface area contributed by atoms with Gasteiger partial charge in [0.15, 0.2) is 5.70 Å². The molecule has 0 spiro atoms. The van der Waals surface area contributed by atoms with Gasteiger partial charge in [-0.2, -0.15) is 0 Å². The summed E-state index contributed by atoms with van der Waals surface area (Å²) in [5.74, 6) is -0.449. The number of carbonyl (C=O) groups excluding carboxylic acids is 1. The van der Waals surface area contributed by atoms with Crippen LogP contribution in [-0.2, 0) is 9.53 Å². The van der Waals surface area contributed by atoms with Crippen molar-refractivity contribution in [3.63, 3.8) is 0 Å². The van der Waals surface area contributed by atoms with E-state index in [0.29, 0.717) is 11.1 Å².